The van der Waals surface area contributed by atoms with E-state index < -0.39 is 61.3 Å². The van der Waals surface area contributed by atoms with Crippen LogP contribution < -0.4 is 5.32 Å². The molecule has 1 saturated heterocycles. The number of ether oxygens (including phenoxy) is 1. The molecule has 1 fully saturated rings. The zero-order chi connectivity index (χ0) is 26.2. The van der Waals surface area contributed by atoms with Gasteiger partial charge in [-0.15, -0.1) is 0 Å². The zero-order valence-electron chi connectivity index (χ0n) is 21.5. The maximum Gasteiger partial charge on any atom is 0.217 e. The van der Waals surface area contributed by atoms with Gasteiger partial charge in [-0.1, -0.05) is 83.3 Å². The van der Waals surface area contributed by atoms with Crippen molar-refractivity contribution in [1.29, 1.82) is 0 Å². The minimum Gasteiger partial charge on any atom is -0.394 e. The van der Waals surface area contributed by atoms with Crippen LogP contribution in [0.3, 0.4) is 0 Å². The Hall–Kier alpha value is -1.07. The van der Waals surface area contributed by atoms with E-state index in [9.17, 15) is 35.4 Å². The molecule has 9 nitrogen and oxygen atoms in total. The van der Waals surface area contributed by atoms with Crippen LogP contribution in [-0.4, -0.2) is 91.9 Å². The topological polar surface area (TPSA) is 160 Å². The van der Waals surface area contributed by atoms with Gasteiger partial charge in [-0.05, 0) is 12.8 Å². The second kappa shape index (κ2) is 18.2. The molecule has 1 aliphatic rings. The highest BCUT2D eigenvalue weighted by Crippen LogP contribution is 2.25. The van der Waals surface area contributed by atoms with Crippen LogP contribution in [-0.2, 0) is 9.53 Å². The van der Waals surface area contributed by atoms with Crippen molar-refractivity contribution in [3.8, 4) is 0 Å². The average Bonchev–Trinajstić information content (AvgIpc) is 2.83. The Kier molecular flexibility index (Phi) is 16.6. The van der Waals surface area contributed by atoms with Crippen molar-refractivity contribution in [2.75, 3.05) is 6.61 Å². The summed E-state index contributed by atoms with van der Waals surface area (Å²) in [6.45, 7) is 2.82. The van der Waals surface area contributed by atoms with Gasteiger partial charge in [0.2, 0.25) is 5.91 Å². The van der Waals surface area contributed by atoms with Crippen molar-refractivity contribution in [3.05, 3.63) is 12.2 Å². The molecule has 206 valence electrons. The quantitative estimate of drug-likeness (QED) is 0.109. The van der Waals surface area contributed by atoms with Gasteiger partial charge in [-0.2, -0.15) is 0 Å². The standard InChI is InChI=1S/C26H49NO8/c1-3-4-5-6-7-8-9-10-11-12-13-14-15-16-19(30)21(27-18(2)29)23(32)26-25(34)24(33)22(31)20(17-28)35-26/h15-16,19-26,28,30-34H,3-14,17H2,1-2H3,(H,27,29)/b16-15+/t19-,20-,21-,22+,23?,24+,25-,26?/m1/s1. The van der Waals surface area contributed by atoms with Gasteiger partial charge in [-0.25, -0.2) is 0 Å². The Morgan fingerprint density at radius 2 is 1.43 bits per heavy atom. The van der Waals surface area contributed by atoms with E-state index in [1.807, 2.05) is 0 Å². The number of amides is 1. The van der Waals surface area contributed by atoms with Crippen LogP contribution in [0.15, 0.2) is 12.2 Å². The highest BCUT2D eigenvalue weighted by Gasteiger charge is 2.48. The number of hydrogen-bond donors (Lipinski definition) is 7. The van der Waals surface area contributed by atoms with Gasteiger partial charge in [0.05, 0.1) is 18.8 Å². The third-order valence-electron chi connectivity index (χ3n) is 6.68. The van der Waals surface area contributed by atoms with Gasteiger partial charge in [-0.3, -0.25) is 4.79 Å². The fourth-order valence-corrected chi connectivity index (χ4v) is 4.51. The van der Waals surface area contributed by atoms with Crippen molar-refractivity contribution < 1.29 is 40.2 Å². The van der Waals surface area contributed by atoms with Gasteiger partial charge >= 0.3 is 0 Å². The Balaban J connectivity index is 2.45. The van der Waals surface area contributed by atoms with Crippen LogP contribution in [0, 0.1) is 0 Å². The van der Waals surface area contributed by atoms with Crippen LogP contribution >= 0.6 is 0 Å². The summed E-state index contributed by atoms with van der Waals surface area (Å²) in [7, 11) is 0. The van der Waals surface area contributed by atoms with E-state index in [0.29, 0.717) is 0 Å². The predicted octanol–water partition coefficient (Wildman–Crippen LogP) is 1.31. The van der Waals surface area contributed by atoms with E-state index in [0.717, 1.165) is 19.3 Å². The molecule has 0 aromatic rings. The van der Waals surface area contributed by atoms with Crippen molar-refractivity contribution in [1.82, 2.24) is 5.32 Å². The molecule has 0 radical (unpaired) electrons. The molecule has 1 heterocycles. The molecule has 1 amide bonds. The number of aliphatic hydroxyl groups excluding tert-OH is 6. The summed E-state index contributed by atoms with van der Waals surface area (Å²) in [6, 6.07) is -1.22. The van der Waals surface area contributed by atoms with Crippen molar-refractivity contribution in [2.45, 2.75) is 140 Å². The maximum absolute atomic E-state index is 11.7. The van der Waals surface area contributed by atoms with Gasteiger partial charge in [0.15, 0.2) is 0 Å². The zero-order valence-corrected chi connectivity index (χ0v) is 21.5. The SMILES string of the molecule is CCCCCCCCCCCCC/C=C/[C@@H](O)[C@@H](NC(C)=O)C(O)C1O[C@H](CO)[C@H](O)[C@H](O)[C@H]1O. The molecule has 0 spiro atoms. The van der Waals surface area contributed by atoms with Crippen LogP contribution in [0.2, 0.25) is 0 Å². The van der Waals surface area contributed by atoms with Crippen molar-refractivity contribution >= 4 is 5.91 Å². The van der Waals surface area contributed by atoms with E-state index in [1.165, 1.54) is 70.8 Å². The number of carbonyl (C=O) groups is 1. The van der Waals surface area contributed by atoms with E-state index in [1.54, 1.807) is 6.08 Å². The number of hydrogen-bond acceptors (Lipinski definition) is 8. The van der Waals surface area contributed by atoms with Crippen molar-refractivity contribution in [3.63, 3.8) is 0 Å². The van der Waals surface area contributed by atoms with Gasteiger partial charge in [0.1, 0.15) is 36.6 Å². The lowest BCUT2D eigenvalue weighted by atomic mass is 9.88. The first-order valence-corrected chi connectivity index (χ1v) is 13.3. The third-order valence-corrected chi connectivity index (χ3v) is 6.68. The minimum absolute atomic E-state index is 0.503. The molecule has 1 aliphatic heterocycles. The molecule has 8 atom stereocenters. The van der Waals surface area contributed by atoms with Crippen molar-refractivity contribution in [2.24, 2.45) is 0 Å². The molecule has 1 rings (SSSR count). The highest BCUT2D eigenvalue weighted by molar-refractivity contribution is 5.73. The molecule has 0 aromatic carbocycles. The lowest BCUT2D eigenvalue weighted by Crippen LogP contribution is -2.65. The summed E-state index contributed by atoms with van der Waals surface area (Å²) in [5.41, 5.74) is 0. The van der Waals surface area contributed by atoms with Gasteiger partial charge < -0.3 is 40.7 Å². The van der Waals surface area contributed by atoms with E-state index >= 15 is 0 Å². The lowest BCUT2D eigenvalue weighted by molar-refractivity contribution is -0.253. The van der Waals surface area contributed by atoms with Crippen LogP contribution in [0.4, 0.5) is 0 Å². The van der Waals surface area contributed by atoms with Gasteiger partial charge in [0, 0.05) is 6.92 Å². The maximum atomic E-state index is 11.7. The first kappa shape index (κ1) is 32.0. The summed E-state index contributed by atoms with van der Waals surface area (Å²) in [5, 5.41) is 63.4. The highest BCUT2D eigenvalue weighted by atomic mass is 16.6. The van der Waals surface area contributed by atoms with Crippen LogP contribution in [0.25, 0.3) is 0 Å². The summed E-state index contributed by atoms with van der Waals surface area (Å²) in [5.74, 6) is -0.503. The normalized spacial score (nSPS) is 27.6. The van der Waals surface area contributed by atoms with E-state index in [4.69, 9.17) is 4.74 Å². The largest absolute Gasteiger partial charge is 0.394 e. The average molecular weight is 504 g/mol. The molecule has 7 N–H and O–H groups in total. The third kappa shape index (κ3) is 11.7. The molecule has 0 bridgehead atoms. The van der Waals surface area contributed by atoms with E-state index in [-0.39, 0.29) is 0 Å². The minimum atomic E-state index is -1.67. The Bertz CT molecular complexity index is 588. The number of unbranched alkanes of at least 4 members (excludes halogenated alkanes) is 11. The Morgan fingerprint density at radius 1 is 0.886 bits per heavy atom. The monoisotopic (exact) mass is 503 g/mol. The van der Waals surface area contributed by atoms with Gasteiger partial charge in [0.25, 0.3) is 0 Å². The second-order valence-electron chi connectivity index (χ2n) is 9.75. The molecular weight excluding hydrogens is 454 g/mol. The summed E-state index contributed by atoms with van der Waals surface area (Å²) < 4.78 is 5.38. The smallest absolute Gasteiger partial charge is 0.217 e. The number of nitrogens with one attached hydrogen (secondary N) is 1. The first-order valence-electron chi connectivity index (χ1n) is 13.3. The molecule has 35 heavy (non-hydrogen) atoms. The molecule has 0 aliphatic carbocycles. The fraction of sp³-hybridized carbons (Fsp3) is 0.885. The van der Waals surface area contributed by atoms with Crippen LogP contribution in [0.5, 0.6) is 0 Å². The number of carbonyl (C=O) groups excluding carboxylic acids is 1. The Morgan fingerprint density at radius 3 is 1.94 bits per heavy atom. The molecular formula is C26H49NO8. The molecule has 0 aromatic heterocycles. The molecule has 0 saturated carbocycles. The lowest BCUT2D eigenvalue weighted by Gasteiger charge is -2.43. The summed E-state index contributed by atoms with van der Waals surface area (Å²) >= 11 is 0. The fourth-order valence-electron chi connectivity index (χ4n) is 4.51. The number of rotatable bonds is 18. The first-order chi connectivity index (χ1) is 16.7. The predicted molar refractivity (Wildman–Crippen MR) is 134 cm³/mol. The summed E-state index contributed by atoms with van der Waals surface area (Å²) in [4.78, 5) is 11.7. The Labute approximate surface area is 210 Å². The second-order valence-corrected chi connectivity index (χ2v) is 9.75. The van der Waals surface area contributed by atoms with E-state index in [2.05, 4.69) is 12.2 Å². The molecule has 9 heteroatoms. The summed E-state index contributed by atoms with van der Waals surface area (Å²) in [6.07, 6.45) is 7.31. The van der Waals surface area contributed by atoms with Crippen LogP contribution in [0.1, 0.15) is 90.9 Å². The number of allylic oxidation sites excluding steroid dienone is 1. The number of aliphatic hydroxyl groups is 6. The molecule has 2 unspecified atom stereocenters.